The van der Waals surface area contributed by atoms with Crippen molar-refractivity contribution in [3.05, 3.63) is 34.2 Å². The van der Waals surface area contributed by atoms with Crippen LogP contribution in [0, 0.1) is 11.8 Å². The summed E-state index contributed by atoms with van der Waals surface area (Å²) < 4.78 is 0.734. The van der Waals surface area contributed by atoms with Crippen LogP contribution in [0.3, 0.4) is 0 Å². The number of aryl methyl sites for hydroxylation is 1. The lowest BCUT2D eigenvalue weighted by Gasteiger charge is -1.99. The largest absolute Gasteiger partial charge is 0.366 e. The fourth-order valence-corrected chi connectivity index (χ4v) is 1.12. The summed E-state index contributed by atoms with van der Waals surface area (Å²) in [6.45, 7) is 1.74. The Hall–Kier alpha value is -1.71. The molecule has 1 aromatic rings. The number of nitroso groups, excluding NO2 is 1. The Morgan fingerprint density at radius 3 is 2.46 bits per heavy atom. The first-order chi connectivity index (χ1) is 6.02. The van der Waals surface area contributed by atoms with Crippen LogP contribution in [-0.2, 0) is 0 Å². The van der Waals surface area contributed by atoms with Crippen LogP contribution < -0.4 is 5.73 Å². The monoisotopic (exact) mass is 179 g/mol. The summed E-state index contributed by atoms with van der Waals surface area (Å²) in [5.74, 6) is -0.474. The summed E-state index contributed by atoms with van der Waals surface area (Å²) in [5.41, 5.74) is 6.79. The molecule has 0 bridgehead atoms. The molecule has 0 spiro atoms. The highest BCUT2D eigenvalue weighted by molar-refractivity contribution is 5.94. The fraction of sp³-hybridized carbons (Fsp3) is 0.222. The maximum absolute atomic E-state index is 10.9. The van der Waals surface area contributed by atoms with E-state index < -0.39 is 5.91 Å². The third kappa shape index (κ3) is 1.90. The Kier molecular flexibility index (Phi) is 2.41. The SMILES string of the molecule is Cc1cc([N+](C)=O)ccc1C(N)=O. The van der Waals surface area contributed by atoms with Crippen molar-refractivity contribution in [2.45, 2.75) is 6.92 Å². The van der Waals surface area contributed by atoms with Gasteiger partial charge in [0.05, 0.1) is 0 Å². The summed E-state index contributed by atoms with van der Waals surface area (Å²) in [6.07, 6.45) is 0. The number of carbonyl (C=O) groups is 1. The molecule has 0 unspecified atom stereocenters. The summed E-state index contributed by atoms with van der Waals surface area (Å²) in [5, 5.41) is 0. The van der Waals surface area contributed by atoms with E-state index in [1.54, 1.807) is 25.1 Å². The number of nitrogens with two attached hydrogens (primary N) is 1. The van der Waals surface area contributed by atoms with E-state index >= 15 is 0 Å². The van der Waals surface area contributed by atoms with Gasteiger partial charge in [0.25, 0.3) is 5.69 Å². The highest BCUT2D eigenvalue weighted by Crippen LogP contribution is 2.15. The van der Waals surface area contributed by atoms with Crippen LogP contribution in [0.4, 0.5) is 5.69 Å². The lowest BCUT2D eigenvalue weighted by molar-refractivity contribution is -0.428. The second-order valence-corrected chi connectivity index (χ2v) is 2.86. The van der Waals surface area contributed by atoms with Gasteiger partial charge in [-0.2, -0.15) is 0 Å². The van der Waals surface area contributed by atoms with Gasteiger partial charge in [-0.1, -0.05) is 0 Å². The van der Waals surface area contributed by atoms with Crippen LogP contribution in [0.2, 0.25) is 0 Å². The predicted octanol–water partition coefficient (Wildman–Crippen LogP) is 1.13. The van der Waals surface area contributed by atoms with Gasteiger partial charge in [-0.05, 0) is 18.6 Å². The number of primary amides is 1. The van der Waals surface area contributed by atoms with Gasteiger partial charge < -0.3 is 5.73 Å². The quantitative estimate of drug-likeness (QED) is 0.692. The van der Waals surface area contributed by atoms with Crippen molar-refractivity contribution in [3.63, 3.8) is 0 Å². The number of hydrogen-bond acceptors (Lipinski definition) is 2. The zero-order valence-electron chi connectivity index (χ0n) is 7.57. The minimum atomic E-state index is -0.474. The number of hydrogen-bond donors (Lipinski definition) is 1. The van der Waals surface area contributed by atoms with Gasteiger partial charge in [-0.25, -0.2) is 0 Å². The van der Waals surface area contributed by atoms with E-state index in [1.807, 2.05) is 0 Å². The minimum absolute atomic E-state index is 0.450. The molecule has 0 aliphatic heterocycles. The van der Waals surface area contributed by atoms with E-state index in [9.17, 15) is 9.70 Å². The van der Waals surface area contributed by atoms with E-state index in [1.165, 1.54) is 7.05 Å². The highest BCUT2D eigenvalue weighted by atomic mass is 16.3. The molecule has 0 saturated carbocycles. The number of carbonyl (C=O) groups excluding carboxylic acids is 1. The Bertz CT molecular complexity index is 372. The minimum Gasteiger partial charge on any atom is -0.366 e. The summed E-state index contributed by atoms with van der Waals surface area (Å²) >= 11 is 0. The molecule has 1 amide bonds. The molecule has 0 fully saturated rings. The molecule has 13 heavy (non-hydrogen) atoms. The lowest BCUT2D eigenvalue weighted by Crippen LogP contribution is -2.12. The van der Waals surface area contributed by atoms with Crippen molar-refractivity contribution in [1.29, 1.82) is 0 Å². The first-order valence-corrected chi connectivity index (χ1v) is 3.83. The Balaban J connectivity index is 3.20. The average Bonchev–Trinajstić information content (AvgIpc) is 2.03. The molecule has 0 aromatic heterocycles. The second kappa shape index (κ2) is 3.35. The van der Waals surface area contributed by atoms with Crippen molar-refractivity contribution in [2.75, 3.05) is 7.05 Å². The topological polar surface area (TPSA) is 63.2 Å². The molecule has 4 heteroatoms. The van der Waals surface area contributed by atoms with Gasteiger partial charge in [0.1, 0.15) is 0 Å². The maximum Gasteiger partial charge on any atom is 0.255 e. The van der Waals surface area contributed by atoms with Crippen LogP contribution in [0.15, 0.2) is 18.2 Å². The standard InChI is InChI=1S/C9H10N2O2/c1-6-5-7(11(2)13)3-4-8(6)9(10)12/h3-5H,1-2H3,(H-,10,12)/p+1. The number of nitrogens with zero attached hydrogens (tertiary/aromatic N) is 1. The van der Waals surface area contributed by atoms with E-state index in [2.05, 4.69) is 0 Å². The van der Waals surface area contributed by atoms with Crippen LogP contribution in [0.25, 0.3) is 0 Å². The van der Waals surface area contributed by atoms with Crippen molar-refractivity contribution in [3.8, 4) is 0 Å². The molecule has 4 nitrogen and oxygen atoms in total. The molecule has 0 aliphatic carbocycles. The normalized spacial score (nSPS) is 9.69. The summed E-state index contributed by atoms with van der Waals surface area (Å²) in [6, 6.07) is 4.76. The second-order valence-electron chi connectivity index (χ2n) is 2.86. The molecular formula is C9H11N2O2+. The number of rotatable bonds is 2. The van der Waals surface area contributed by atoms with E-state index in [4.69, 9.17) is 5.73 Å². The molecule has 0 radical (unpaired) electrons. The van der Waals surface area contributed by atoms with Gasteiger partial charge in [-0.15, -0.1) is 0 Å². The van der Waals surface area contributed by atoms with Gasteiger partial charge >= 0.3 is 0 Å². The molecule has 2 N–H and O–H groups in total. The molecular weight excluding hydrogens is 168 g/mol. The molecule has 0 heterocycles. The number of benzene rings is 1. The van der Waals surface area contributed by atoms with Crippen molar-refractivity contribution in [2.24, 2.45) is 5.73 Å². The van der Waals surface area contributed by atoms with Crippen molar-refractivity contribution in [1.82, 2.24) is 0 Å². The predicted molar refractivity (Wildman–Crippen MR) is 48.9 cm³/mol. The summed E-state index contributed by atoms with van der Waals surface area (Å²) in [4.78, 5) is 21.7. The van der Waals surface area contributed by atoms with E-state index in [-0.39, 0.29) is 0 Å². The van der Waals surface area contributed by atoms with Crippen molar-refractivity contribution >= 4 is 11.6 Å². The zero-order chi connectivity index (χ0) is 10.0. The number of amides is 1. The van der Waals surface area contributed by atoms with E-state index in [0.29, 0.717) is 16.8 Å². The van der Waals surface area contributed by atoms with Gasteiger partial charge in [0.2, 0.25) is 5.91 Å². The Morgan fingerprint density at radius 2 is 2.08 bits per heavy atom. The van der Waals surface area contributed by atoms with Gasteiger partial charge in [0.15, 0.2) is 7.05 Å². The molecule has 0 aliphatic rings. The lowest BCUT2D eigenvalue weighted by atomic mass is 10.1. The molecule has 68 valence electrons. The average molecular weight is 179 g/mol. The van der Waals surface area contributed by atoms with Crippen LogP contribution in [0.1, 0.15) is 15.9 Å². The molecule has 0 atom stereocenters. The van der Waals surface area contributed by atoms with Crippen molar-refractivity contribution < 1.29 is 9.55 Å². The Morgan fingerprint density at radius 1 is 1.46 bits per heavy atom. The van der Waals surface area contributed by atoms with Crippen LogP contribution >= 0.6 is 0 Å². The van der Waals surface area contributed by atoms with Gasteiger partial charge in [-0.3, -0.25) is 4.79 Å². The van der Waals surface area contributed by atoms with Crippen LogP contribution in [0.5, 0.6) is 0 Å². The fourth-order valence-electron chi connectivity index (χ4n) is 1.12. The zero-order valence-corrected chi connectivity index (χ0v) is 7.57. The molecule has 1 rings (SSSR count). The first-order valence-electron chi connectivity index (χ1n) is 3.83. The highest BCUT2D eigenvalue weighted by Gasteiger charge is 2.11. The third-order valence-electron chi connectivity index (χ3n) is 1.84. The third-order valence-corrected chi connectivity index (χ3v) is 1.84. The Labute approximate surface area is 75.9 Å². The van der Waals surface area contributed by atoms with Crippen LogP contribution in [-0.4, -0.2) is 17.7 Å². The smallest absolute Gasteiger partial charge is 0.255 e. The molecule has 0 saturated heterocycles. The van der Waals surface area contributed by atoms with Gasteiger partial charge in [0, 0.05) is 27.4 Å². The first kappa shape index (κ1) is 9.38. The van der Waals surface area contributed by atoms with E-state index in [0.717, 1.165) is 4.76 Å². The summed E-state index contributed by atoms with van der Waals surface area (Å²) in [7, 11) is 1.40. The maximum atomic E-state index is 10.9. The molecule has 1 aromatic carbocycles.